The Balaban J connectivity index is 1.70. The number of carbonyl (C=O) groups excluding carboxylic acids is 1. The minimum atomic E-state index is -0.393. The second-order valence-corrected chi connectivity index (χ2v) is 7.50. The van der Waals surface area contributed by atoms with E-state index in [4.69, 9.17) is 0 Å². The Labute approximate surface area is 156 Å². The highest BCUT2D eigenvalue weighted by Crippen LogP contribution is 2.24. The number of thiazole rings is 1. The second-order valence-electron chi connectivity index (χ2n) is 5.53. The number of nitrogens with one attached hydrogen (secondary N) is 1. The number of hydrogen-bond acceptors (Lipinski definition) is 5. The van der Waals surface area contributed by atoms with Crippen molar-refractivity contribution in [3.8, 4) is 0 Å². The van der Waals surface area contributed by atoms with Crippen molar-refractivity contribution in [1.82, 2.24) is 14.8 Å². The van der Waals surface area contributed by atoms with Gasteiger partial charge in [0.25, 0.3) is 11.5 Å². The predicted molar refractivity (Wildman–Crippen MR) is 101 cm³/mol. The maximum absolute atomic E-state index is 12.2. The highest BCUT2D eigenvalue weighted by molar-refractivity contribution is 9.10. The molecule has 3 aromatic rings. The smallest absolute Gasteiger partial charge is 0.277 e. The van der Waals surface area contributed by atoms with Crippen molar-refractivity contribution < 1.29 is 4.79 Å². The third-order valence-electron chi connectivity index (χ3n) is 3.57. The molecule has 0 spiro atoms. The molecule has 1 N–H and O–H groups in total. The zero-order valence-electron chi connectivity index (χ0n) is 13.6. The van der Waals surface area contributed by atoms with Gasteiger partial charge in [-0.2, -0.15) is 5.10 Å². The second kappa shape index (κ2) is 7.28. The Hall–Kier alpha value is -2.32. The van der Waals surface area contributed by atoms with Crippen LogP contribution in [0.2, 0.25) is 0 Å². The average molecular weight is 419 g/mol. The van der Waals surface area contributed by atoms with Gasteiger partial charge < -0.3 is 0 Å². The summed E-state index contributed by atoms with van der Waals surface area (Å²) in [6.45, 7) is 2.05. The Kier molecular flexibility index (Phi) is 5.10. The van der Waals surface area contributed by atoms with Crippen LogP contribution >= 0.6 is 27.3 Å². The van der Waals surface area contributed by atoms with E-state index in [1.54, 1.807) is 6.20 Å². The van der Waals surface area contributed by atoms with Crippen LogP contribution in [0.5, 0.6) is 0 Å². The summed E-state index contributed by atoms with van der Waals surface area (Å²) in [6.07, 6.45) is 2.51. The lowest BCUT2D eigenvalue weighted by molar-refractivity contribution is 0.102. The number of aryl methyl sites for hydroxylation is 2. The third kappa shape index (κ3) is 4.21. The molecular formula is C17H15BrN4O2S. The van der Waals surface area contributed by atoms with Crippen molar-refractivity contribution in [3.05, 3.63) is 73.1 Å². The number of amides is 1. The molecule has 0 atom stereocenters. The first-order valence-corrected chi connectivity index (χ1v) is 9.09. The van der Waals surface area contributed by atoms with Gasteiger partial charge in [0.15, 0.2) is 5.13 Å². The van der Waals surface area contributed by atoms with Crippen molar-refractivity contribution in [2.24, 2.45) is 7.05 Å². The molecule has 3 rings (SSSR count). The Morgan fingerprint density at radius 2 is 2.12 bits per heavy atom. The van der Waals surface area contributed by atoms with Gasteiger partial charge in [-0.1, -0.05) is 28.1 Å². The SMILES string of the molecule is Cc1cc(Cc2cnc(NC(=O)c3ccc(=O)n(C)n3)s2)ccc1Br. The molecule has 2 aromatic heterocycles. The molecule has 8 heteroatoms. The van der Waals surface area contributed by atoms with E-state index in [1.165, 1.54) is 41.6 Å². The van der Waals surface area contributed by atoms with Crippen molar-refractivity contribution >= 4 is 38.3 Å². The topological polar surface area (TPSA) is 76.9 Å². The molecule has 25 heavy (non-hydrogen) atoms. The van der Waals surface area contributed by atoms with E-state index in [1.807, 2.05) is 13.0 Å². The third-order valence-corrected chi connectivity index (χ3v) is 5.37. The normalized spacial score (nSPS) is 10.7. The number of rotatable bonds is 4. The van der Waals surface area contributed by atoms with Crippen molar-refractivity contribution in [2.75, 3.05) is 5.32 Å². The Morgan fingerprint density at radius 1 is 1.32 bits per heavy atom. The van der Waals surface area contributed by atoms with Crippen LogP contribution < -0.4 is 10.9 Å². The van der Waals surface area contributed by atoms with E-state index in [-0.39, 0.29) is 11.3 Å². The van der Waals surface area contributed by atoms with Gasteiger partial charge in [0.1, 0.15) is 5.69 Å². The van der Waals surface area contributed by atoms with Gasteiger partial charge in [-0.05, 0) is 30.2 Å². The van der Waals surface area contributed by atoms with E-state index in [9.17, 15) is 9.59 Å². The fraction of sp³-hybridized carbons (Fsp3) is 0.176. The highest BCUT2D eigenvalue weighted by Gasteiger charge is 2.12. The highest BCUT2D eigenvalue weighted by atomic mass is 79.9. The first kappa shape index (κ1) is 17.5. The number of hydrogen-bond donors (Lipinski definition) is 1. The number of anilines is 1. The zero-order valence-corrected chi connectivity index (χ0v) is 16.0. The molecule has 1 aromatic carbocycles. The summed E-state index contributed by atoms with van der Waals surface area (Å²) in [5.41, 5.74) is 2.26. The summed E-state index contributed by atoms with van der Waals surface area (Å²) in [6, 6.07) is 8.92. The van der Waals surface area contributed by atoms with Crippen LogP contribution in [0.4, 0.5) is 5.13 Å². The van der Waals surface area contributed by atoms with E-state index in [2.05, 4.69) is 43.5 Å². The lowest BCUT2D eigenvalue weighted by Crippen LogP contribution is -2.23. The molecule has 0 radical (unpaired) electrons. The average Bonchev–Trinajstić information content (AvgIpc) is 3.00. The minimum Gasteiger partial charge on any atom is -0.296 e. The molecule has 0 aliphatic heterocycles. The summed E-state index contributed by atoms with van der Waals surface area (Å²) in [5, 5.41) is 7.14. The minimum absolute atomic E-state index is 0.169. The molecule has 1 amide bonds. The van der Waals surface area contributed by atoms with Gasteiger partial charge in [0.2, 0.25) is 0 Å². The molecule has 128 valence electrons. The molecule has 0 bridgehead atoms. The van der Waals surface area contributed by atoms with Crippen LogP contribution in [-0.2, 0) is 13.5 Å². The molecule has 0 saturated carbocycles. The Morgan fingerprint density at radius 3 is 2.84 bits per heavy atom. The fourth-order valence-electron chi connectivity index (χ4n) is 2.25. The van der Waals surface area contributed by atoms with Crippen LogP contribution in [0.3, 0.4) is 0 Å². The standard InChI is InChI=1S/C17H15BrN4O2S/c1-10-7-11(3-4-13(10)18)8-12-9-19-17(25-12)20-16(24)14-5-6-15(23)22(2)21-14/h3-7,9H,8H2,1-2H3,(H,19,20,24). The summed E-state index contributed by atoms with van der Waals surface area (Å²) in [4.78, 5) is 28.8. The van der Waals surface area contributed by atoms with Gasteiger partial charge in [-0.3, -0.25) is 14.9 Å². The molecule has 0 fully saturated rings. The number of nitrogens with zero attached hydrogens (tertiary/aromatic N) is 3. The van der Waals surface area contributed by atoms with E-state index >= 15 is 0 Å². The number of halogens is 1. The molecule has 6 nitrogen and oxygen atoms in total. The largest absolute Gasteiger partial charge is 0.296 e. The molecule has 0 aliphatic carbocycles. The predicted octanol–water partition coefficient (Wildman–Crippen LogP) is 3.15. The molecule has 2 heterocycles. The zero-order chi connectivity index (χ0) is 18.0. The van der Waals surface area contributed by atoms with Crippen LogP contribution in [-0.4, -0.2) is 20.7 Å². The number of benzene rings is 1. The number of carbonyl (C=O) groups is 1. The molecule has 0 aliphatic rings. The summed E-state index contributed by atoms with van der Waals surface area (Å²) >= 11 is 4.91. The van der Waals surface area contributed by atoms with E-state index < -0.39 is 5.91 Å². The van der Waals surface area contributed by atoms with E-state index in [0.29, 0.717) is 5.13 Å². The maximum atomic E-state index is 12.2. The van der Waals surface area contributed by atoms with Gasteiger partial charge in [0, 0.05) is 35.1 Å². The van der Waals surface area contributed by atoms with Crippen LogP contribution in [0.25, 0.3) is 0 Å². The van der Waals surface area contributed by atoms with Crippen molar-refractivity contribution in [2.45, 2.75) is 13.3 Å². The van der Waals surface area contributed by atoms with E-state index in [0.717, 1.165) is 20.5 Å². The van der Waals surface area contributed by atoms with Crippen LogP contribution in [0, 0.1) is 6.92 Å². The van der Waals surface area contributed by atoms with Crippen molar-refractivity contribution in [3.63, 3.8) is 0 Å². The maximum Gasteiger partial charge on any atom is 0.277 e. The molecule has 0 unspecified atom stereocenters. The molecular weight excluding hydrogens is 404 g/mol. The van der Waals surface area contributed by atoms with Gasteiger partial charge in [-0.25, -0.2) is 9.67 Å². The fourth-order valence-corrected chi connectivity index (χ4v) is 3.34. The van der Waals surface area contributed by atoms with Crippen LogP contribution in [0.15, 0.2) is 45.8 Å². The monoisotopic (exact) mass is 418 g/mol. The first-order chi connectivity index (χ1) is 11.9. The van der Waals surface area contributed by atoms with Gasteiger partial charge in [0.05, 0.1) is 0 Å². The van der Waals surface area contributed by atoms with Crippen LogP contribution in [0.1, 0.15) is 26.5 Å². The summed E-state index contributed by atoms with van der Waals surface area (Å²) in [5.74, 6) is -0.393. The van der Waals surface area contributed by atoms with Gasteiger partial charge in [-0.15, -0.1) is 11.3 Å². The summed E-state index contributed by atoms with van der Waals surface area (Å²) in [7, 11) is 1.50. The quantitative estimate of drug-likeness (QED) is 0.705. The number of aromatic nitrogens is 3. The van der Waals surface area contributed by atoms with Gasteiger partial charge >= 0.3 is 0 Å². The molecule has 0 saturated heterocycles. The lowest BCUT2D eigenvalue weighted by atomic mass is 10.1. The Bertz CT molecular complexity index is 996. The first-order valence-electron chi connectivity index (χ1n) is 7.48. The lowest BCUT2D eigenvalue weighted by Gasteiger charge is -2.03. The van der Waals surface area contributed by atoms with Crippen molar-refractivity contribution in [1.29, 1.82) is 0 Å². The summed E-state index contributed by atoms with van der Waals surface area (Å²) < 4.78 is 2.20.